The summed E-state index contributed by atoms with van der Waals surface area (Å²) in [5, 5.41) is 11.1. The molecule has 0 unspecified atom stereocenters. The minimum atomic E-state index is 0. The van der Waals surface area contributed by atoms with Crippen LogP contribution in [0.4, 0.5) is 0 Å². The van der Waals surface area contributed by atoms with Gasteiger partial charge in [0.25, 0.3) is 0 Å². The normalized spacial score (nSPS) is 8.25. The second kappa shape index (κ2) is 9.96. The Labute approximate surface area is 49.0 Å². The first-order valence-electron chi connectivity index (χ1n) is 2.43. The van der Waals surface area contributed by atoms with Crippen molar-refractivity contribution in [2.24, 2.45) is 5.73 Å². The quantitative estimate of drug-likeness (QED) is 0.366. The fraction of sp³-hybridized carbons (Fsp3) is 1.00. The van der Waals surface area contributed by atoms with Gasteiger partial charge in [-0.2, -0.15) is 0 Å². The van der Waals surface area contributed by atoms with Gasteiger partial charge in [-0.3, -0.25) is 0 Å². The molecule has 0 spiro atoms. The second-order valence-corrected chi connectivity index (χ2v) is 1.26. The van der Waals surface area contributed by atoms with Crippen LogP contribution in [-0.4, -0.2) is 36.8 Å². The van der Waals surface area contributed by atoms with E-state index in [1.807, 2.05) is 0 Å². The Morgan fingerprint density at radius 3 is 2.38 bits per heavy atom. The second-order valence-electron chi connectivity index (χ2n) is 1.26. The SMILES string of the molecule is NCCNCCO.O. The maximum absolute atomic E-state index is 8.19. The van der Waals surface area contributed by atoms with Crippen molar-refractivity contribution in [2.75, 3.05) is 26.2 Å². The summed E-state index contributed by atoms with van der Waals surface area (Å²) in [6.45, 7) is 2.28. The summed E-state index contributed by atoms with van der Waals surface area (Å²) in [6.07, 6.45) is 0. The molecule has 0 aliphatic rings. The van der Waals surface area contributed by atoms with Crippen LogP contribution in [0.25, 0.3) is 0 Å². The number of aliphatic hydroxyl groups is 1. The van der Waals surface area contributed by atoms with Gasteiger partial charge in [0.15, 0.2) is 0 Å². The smallest absolute Gasteiger partial charge is 0.0555 e. The average Bonchev–Trinajstić information content (AvgIpc) is 1.69. The summed E-state index contributed by atoms with van der Waals surface area (Å²) in [7, 11) is 0. The van der Waals surface area contributed by atoms with Crippen molar-refractivity contribution in [2.45, 2.75) is 0 Å². The molecule has 0 heterocycles. The van der Waals surface area contributed by atoms with Crippen LogP contribution in [-0.2, 0) is 0 Å². The third kappa shape index (κ3) is 9.28. The Kier molecular flexibility index (Phi) is 13.4. The molecule has 0 rings (SSSR count). The van der Waals surface area contributed by atoms with Crippen molar-refractivity contribution in [1.82, 2.24) is 5.32 Å². The summed E-state index contributed by atoms with van der Waals surface area (Å²) in [4.78, 5) is 0. The summed E-state index contributed by atoms with van der Waals surface area (Å²) < 4.78 is 0. The average molecular weight is 122 g/mol. The van der Waals surface area contributed by atoms with Crippen LogP contribution in [0, 0.1) is 0 Å². The predicted octanol–water partition coefficient (Wildman–Crippen LogP) is -2.30. The van der Waals surface area contributed by atoms with Crippen molar-refractivity contribution < 1.29 is 10.6 Å². The molecule has 0 aromatic rings. The lowest BCUT2D eigenvalue weighted by Crippen LogP contribution is -2.24. The van der Waals surface area contributed by atoms with Crippen LogP contribution in [0.3, 0.4) is 0 Å². The van der Waals surface area contributed by atoms with Gasteiger partial charge in [-0.25, -0.2) is 0 Å². The van der Waals surface area contributed by atoms with Gasteiger partial charge in [0, 0.05) is 19.6 Å². The number of nitrogens with one attached hydrogen (secondary N) is 1. The molecule has 0 bridgehead atoms. The first-order valence-corrected chi connectivity index (χ1v) is 2.43. The summed E-state index contributed by atoms with van der Waals surface area (Å²) in [6, 6.07) is 0. The van der Waals surface area contributed by atoms with Crippen molar-refractivity contribution in [3.8, 4) is 0 Å². The van der Waals surface area contributed by atoms with E-state index in [2.05, 4.69) is 5.32 Å². The lowest BCUT2D eigenvalue weighted by molar-refractivity contribution is 0.293. The highest BCUT2D eigenvalue weighted by Crippen LogP contribution is 1.51. The van der Waals surface area contributed by atoms with E-state index in [9.17, 15) is 0 Å². The van der Waals surface area contributed by atoms with Gasteiger partial charge in [0.1, 0.15) is 0 Å². The molecule has 0 aliphatic carbocycles. The number of hydrogen-bond donors (Lipinski definition) is 3. The summed E-state index contributed by atoms with van der Waals surface area (Å²) in [5.41, 5.74) is 5.13. The highest BCUT2D eigenvalue weighted by Gasteiger charge is 1.77. The molecule has 0 fully saturated rings. The van der Waals surface area contributed by atoms with E-state index in [1.165, 1.54) is 0 Å². The van der Waals surface area contributed by atoms with E-state index in [1.54, 1.807) is 0 Å². The Morgan fingerprint density at radius 1 is 1.38 bits per heavy atom. The van der Waals surface area contributed by atoms with Crippen LogP contribution < -0.4 is 11.1 Å². The fourth-order valence-electron chi connectivity index (χ4n) is 0.306. The van der Waals surface area contributed by atoms with Crippen LogP contribution in [0.15, 0.2) is 0 Å². The number of rotatable bonds is 4. The zero-order valence-corrected chi connectivity index (χ0v) is 4.85. The Hall–Kier alpha value is -0.160. The third-order valence-electron chi connectivity index (χ3n) is 0.610. The number of hydrogen-bond acceptors (Lipinski definition) is 3. The third-order valence-corrected chi connectivity index (χ3v) is 0.610. The van der Waals surface area contributed by atoms with E-state index in [0.717, 1.165) is 6.54 Å². The van der Waals surface area contributed by atoms with Crippen molar-refractivity contribution in [1.29, 1.82) is 0 Å². The molecule has 0 radical (unpaired) electrons. The van der Waals surface area contributed by atoms with Crippen LogP contribution in [0.5, 0.6) is 0 Å². The van der Waals surface area contributed by atoms with Crippen molar-refractivity contribution in [3.05, 3.63) is 0 Å². The molecule has 0 saturated carbocycles. The van der Waals surface area contributed by atoms with E-state index >= 15 is 0 Å². The van der Waals surface area contributed by atoms with Gasteiger partial charge in [0.2, 0.25) is 0 Å². The number of nitrogens with two attached hydrogens (primary N) is 1. The fourth-order valence-corrected chi connectivity index (χ4v) is 0.306. The van der Waals surface area contributed by atoms with E-state index in [4.69, 9.17) is 10.8 Å². The van der Waals surface area contributed by atoms with Gasteiger partial charge in [-0.05, 0) is 0 Å². The lowest BCUT2D eigenvalue weighted by atomic mass is 10.6. The Morgan fingerprint density at radius 2 is 2.00 bits per heavy atom. The summed E-state index contributed by atoms with van der Waals surface area (Å²) >= 11 is 0. The standard InChI is InChI=1S/C4H12N2O.H2O/c5-1-2-6-3-4-7;/h6-7H,1-5H2;1H2. The van der Waals surface area contributed by atoms with E-state index in [-0.39, 0.29) is 12.1 Å². The zero-order chi connectivity index (χ0) is 5.54. The first kappa shape index (κ1) is 10.8. The van der Waals surface area contributed by atoms with E-state index in [0.29, 0.717) is 13.1 Å². The minimum Gasteiger partial charge on any atom is -0.412 e. The van der Waals surface area contributed by atoms with Gasteiger partial charge < -0.3 is 21.6 Å². The molecular formula is C4H14N2O2. The molecular weight excluding hydrogens is 108 g/mol. The maximum Gasteiger partial charge on any atom is 0.0555 e. The zero-order valence-electron chi connectivity index (χ0n) is 4.85. The molecule has 0 aliphatic heterocycles. The first-order chi connectivity index (χ1) is 3.41. The molecule has 0 atom stereocenters. The highest BCUT2D eigenvalue weighted by molar-refractivity contribution is 4.42. The van der Waals surface area contributed by atoms with Crippen LogP contribution in [0.1, 0.15) is 0 Å². The topological polar surface area (TPSA) is 89.8 Å². The van der Waals surface area contributed by atoms with Crippen LogP contribution in [0.2, 0.25) is 0 Å². The number of aliphatic hydroxyl groups excluding tert-OH is 1. The molecule has 8 heavy (non-hydrogen) atoms. The largest absolute Gasteiger partial charge is 0.412 e. The molecule has 0 saturated heterocycles. The Balaban J connectivity index is 0. The van der Waals surface area contributed by atoms with E-state index < -0.39 is 0 Å². The highest BCUT2D eigenvalue weighted by atomic mass is 16.3. The molecule has 0 aromatic carbocycles. The molecule has 0 amide bonds. The monoisotopic (exact) mass is 122 g/mol. The minimum absolute atomic E-state index is 0. The molecule has 4 heteroatoms. The van der Waals surface area contributed by atoms with Gasteiger partial charge in [-0.1, -0.05) is 0 Å². The molecule has 52 valence electrons. The van der Waals surface area contributed by atoms with Gasteiger partial charge in [0.05, 0.1) is 6.61 Å². The summed E-state index contributed by atoms with van der Waals surface area (Å²) in [5.74, 6) is 0. The molecule has 6 N–H and O–H groups in total. The molecule has 4 nitrogen and oxygen atoms in total. The predicted molar refractivity (Wildman–Crippen MR) is 32.6 cm³/mol. The van der Waals surface area contributed by atoms with Gasteiger partial charge >= 0.3 is 0 Å². The van der Waals surface area contributed by atoms with Gasteiger partial charge in [-0.15, -0.1) is 0 Å². The van der Waals surface area contributed by atoms with Crippen molar-refractivity contribution >= 4 is 0 Å². The molecule has 0 aromatic heterocycles. The van der Waals surface area contributed by atoms with Crippen LogP contribution >= 0.6 is 0 Å². The Bertz CT molecular complexity index is 31.2. The maximum atomic E-state index is 8.19. The van der Waals surface area contributed by atoms with Crippen molar-refractivity contribution in [3.63, 3.8) is 0 Å². The lowest BCUT2D eigenvalue weighted by Gasteiger charge is -1.95.